The van der Waals surface area contributed by atoms with E-state index in [-0.39, 0.29) is 5.84 Å². The van der Waals surface area contributed by atoms with E-state index in [1.54, 1.807) is 24.3 Å². The molecule has 0 radical (unpaired) electrons. The summed E-state index contributed by atoms with van der Waals surface area (Å²) in [4.78, 5) is 3.47. The Kier molecular flexibility index (Phi) is 5.48. The van der Waals surface area contributed by atoms with Crippen LogP contribution in [0.25, 0.3) is 0 Å². The summed E-state index contributed by atoms with van der Waals surface area (Å²) in [6.07, 6.45) is 0. The Hall–Kier alpha value is -1.41. The lowest BCUT2D eigenvalue weighted by Crippen LogP contribution is -1.92. The monoisotopic (exact) mass is 194 g/mol. The number of rotatable bonds is 1. The first-order valence-corrected chi connectivity index (χ1v) is 3.93. The molecule has 1 N–H and O–H groups in total. The molecule has 3 heteroatoms. The SMILES string of the molecule is C=C.C=NC(=N)c1cccc(Cl)c1. The Bertz CT molecular complexity index is 308. The number of halogens is 1. The molecule has 0 aromatic heterocycles. The van der Waals surface area contributed by atoms with Crippen LogP contribution in [-0.2, 0) is 0 Å². The zero-order valence-corrected chi connectivity index (χ0v) is 8.01. The summed E-state index contributed by atoms with van der Waals surface area (Å²) in [5, 5.41) is 7.89. The minimum Gasteiger partial charge on any atom is -0.282 e. The fraction of sp³-hybridized carbons (Fsp3) is 0. The lowest BCUT2D eigenvalue weighted by Gasteiger charge is -1.96. The number of amidine groups is 1. The summed E-state index contributed by atoms with van der Waals surface area (Å²) in [5.41, 5.74) is 0.688. The van der Waals surface area contributed by atoms with Crippen LogP contribution in [0.2, 0.25) is 5.02 Å². The van der Waals surface area contributed by atoms with Gasteiger partial charge < -0.3 is 0 Å². The van der Waals surface area contributed by atoms with Gasteiger partial charge in [0, 0.05) is 10.6 Å². The van der Waals surface area contributed by atoms with Crippen molar-refractivity contribution in [2.24, 2.45) is 4.99 Å². The van der Waals surface area contributed by atoms with E-state index in [0.29, 0.717) is 10.6 Å². The molecule has 1 aromatic carbocycles. The second-order valence-corrected chi connectivity index (χ2v) is 2.45. The first-order chi connectivity index (χ1) is 6.24. The molecule has 0 fully saturated rings. The minimum atomic E-state index is 0.146. The summed E-state index contributed by atoms with van der Waals surface area (Å²) in [6, 6.07) is 6.97. The smallest absolute Gasteiger partial charge is 0.151 e. The number of hydrogen-bond donors (Lipinski definition) is 1. The largest absolute Gasteiger partial charge is 0.282 e. The van der Waals surface area contributed by atoms with Crippen LogP contribution in [0.15, 0.2) is 42.4 Å². The number of hydrogen-bond acceptors (Lipinski definition) is 1. The highest BCUT2D eigenvalue weighted by atomic mass is 35.5. The summed E-state index contributed by atoms with van der Waals surface area (Å²) < 4.78 is 0. The third kappa shape index (κ3) is 3.67. The highest BCUT2D eigenvalue weighted by Gasteiger charge is 1.96. The molecule has 1 rings (SSSR count). The third-order valence-corrected chi connectivity index (χ3v) is 1.49. The zero-order valence-electron chi connectivity index (χ0n) is 7.26. The fourth-order valence-corrected chi connectivity index (χ4v) is 0.917. The number of aliphatic imine (C=N–C) groups is 1. The average molecular weight is 195 g/mol. The molecule has 0 bridgehead atoms. The van der Waals surface area contributed by atoms with Gasteiger partial charge >= 0.3 is 0 Å². The van der Waals surface area contributed by atoms with Crippen molar-refractivity contribution in [1.29, 1.82) is 5.41 Å². The van der Waals surface area contributed by atoms with Crippen molar-refractivity contribution in [2.75, 3.05) is 0 Å². The van der Waals surface area contributed by atoms with Crippen LogP contribution in [0.4, 0.5) is 0 Å². The maximum atomic E-state index is 7.29. The molecule has 0 atom stereocenters. The topological polar surface area (TPSA) is 36.2 Å². The van der Waals surface area contributed by atoms with Gasteiger partial charge in [-0.05, 0) is 18.9 Å². The van der Waals surface area contributed by atoms with Crippen molar-refractivity contribution in [2.45, 2.75) is 0 Å². The van der Waals surface area contributed by atoms with Crippen LogP contribution in [-0.4, -0.2) is 12.6 Å². The van der Waals surface area contributed by atoms with E-state index in [9.17, 15) is 0 Å². The van der Waals surface area contributed by atoms with E-state index in [4.69, 9.17) is 17.0 Å². The van der Waals surface area contributed by atoms with Crippen LogP contribution in [0.5, 0.6) is 0 Å². The first kappa shape index (κ1) is 11.6. The Balaban J connectivity index is 0.000000671. The van der Waals surface area contributed by atoms with Gasteiger partial charge in [0.05, 0.1) is 0 Å². The molecular weight excluding hydrogens is 184 g/mol. The number of nitrogens with zero attached hydrogens (tertiary/aromatic N) is 1. The standard InChI is InChI=1S/C8H7ClN2.C2H4/c1-11-8(10)6-3-2-4-7(9)5-6;1-2/h2-5,10H,1H2;1-2H2. The molecule has 1 aromatic rings. The van der Waals surface area contributed by atoms with Crippen molar-refractivity contribution < 1.29 is 0 Å². The molecular formula is C10H11ClN2. The lowest BCUT2D eigenvalue weighted by molar-refractivity contribution is 1.43. The van der Waals surface area contributed by atoms with Crippen LogP contribution < -0.4 is 0 Å². The van der Waals surface area contributed by atoms with Gasteiger partial charge in [-0.2, -0.15) is 0 Å². The van der Waals surface area contributed by atoms with Crippen LogP contribution in [0.3, 0.4) is 0 Å². The highest BCUT2D eigenvalue weighted by molar-refractivity contribution is 6.31. The quantitative estimate of drug-likeness (QED) is 0.405. The lowest BCUT2D eigenvalue weighted by atomic mass is 10.2. The van der Waals surface area contributed by atoms with Gasteiger partial charge in [0.15, 0.2) is 5.84 Å². The van der Waals surface area contributed by atoms with Gasteiger partial charge in [0.2, 0.25) is 0 Å². The van der Waals surface area contributed by atoms with Gasteiger partial charge in [-0.1, -0.05) is 23.7 Å². The number of nitrogens with one attached hydrogen (secondary N) is 1. The van der Waals surface area contributed by atoms with Gasteiger partial charge in [-0.25, -0.2) is 4.99 Å². The molecule has 0 saturated carbocycles. The molecule has 0 unspecified atom stereocenters. The summed E-state index contributed by atoms with van der Waals surface area (Å²) in [6.45, 7) is 9.25. The van der Waals surface area contributed by atoms with Crippen molar-refractivity contribution in [3.05, 3.63) is 48.0 Å². The molecule has 2 nitrogen and oxygen atoms in total. The highest BCUT2D eigenvalue weighted by Crippen LogP contribution is 2.10. The van der Waals surface area contributed by atoms with E-state index in [0.717, 1.165) is 0 Å². The molecule has 0 aliphatic carbocycles. The van der Waals surface area contributed by atoms with E-state index in [2.05, 4.69) is 24.9 Å². The molecule has 13 heavy (non-hydrogen) atoms. The number of benzene rings is 1. The maximum absolute atomic E-state index is 7.29. The maximum Gasteiger partial charge on any atom is 0.151 e. The third-order valence-electron chi connectivity index (χ3n) is 1.26. The van der Waals surface area contributed by atoms with Crippen LogP contribution in [0.1, 0.15) is 5.56 Å². The molecule has 0 saturated heterocycles. The van der Waals surface area contributed by atoms with Crippen LogP contribution >= 0.6 is 11.6 Å². The minimum absolute atomic E-state index is 0.146. The predicted molar refractivity (Wildman–Crippen MR) is 59.1 cm³/mol. The second-order valence-electron chi connectivity index (χ2n) is 2.02. The summed E-state index contributed by atoms with van der Waals surface area (Å²) in [5.74, 6) is 0.146. The van der Waals surface area contributed by atoms with E-state index < -0.39 is 0 Å². The first-order valence-electron chi connectivity index (χ1n) is 3.55. The zero-order chi connectivity index (χ0) is 10.3. The molecule has 0 aliphatic rings. The van der Waals surface area contributed by atoms with Gasteiger partial charge in [-0.15, -0.1) is 13.2 Å². The Morgan fingerprint density at radius 1 is 1.38 bits per heavy atom. The molecule has 0 heterocycles. The Morgan fingerprint density at radius 3 is 2.46 bits per heavy atom. The van der Waals surface area contributed by atoms with Gasteiger partial charge in [0.1, 0.15) is 0 Å². The van der Waals surface area contributed by atoms with Crippen LogP contribution in [0, 0.1) is 5.41 Å². The molecule has 0 aliphatic heterocycles. The Morgan fingerprint density at radius 2 is 2.00 bits per heavy atom. The summed E-state index contributed by atoms with van der Waals surface area (Å²) in [7, 11) is 0. The normalized spacial score (nSPS) is 8.08. The van der Waals surface area contributed by atoms with E-state index in [1.165, 1.54) is 0 Å². The molecule has 0 spiro atoms. The second kappa shape index (κ2) is 6.14. The predicted octanol–water partition coefficient (Wildman–Crippen LogP) is 3.17. The van der Waals surface area contributed by atoms with Crippen molar-refractivity contribution in [1.82, 2.24) is 0 Å². The van der Waals surface area contributed by atoms with E-state index in [1.807, 2.05) is 0 Å². The van der Waals surface area contributed by atoms with E-state index >= 15 is 0 Å². The van der Waals surface area contributed by atoms with Crippen molar-refractivity contribution >= 4 is 24.2 Å². The van der Waals surface area contributed by atoms with Gasteiger partial charge in [0.25, 0.3) is 0 Å². The van der Waals surface area contributed by atoms with Crippen molar-refractivity contribution in [3.8, 4) is 0 Å². The fourth-order valence-electron chi connectivity index (χ4n) is 0.727. The summed E-state index contributed by atoms with van der Waals surface area (Å²) >= 11 is 5.69. The molecule has 68 valence electrons. The Labute approximate surface area is 83.1 Å². The van der Waals surface area contributed by atoms with Crippen molar-refractivity contribution in [3.63, 3.8) is 0 Å². The average Bonchev–Trinajstić information content (AvgIpc) is 2.20. The van der Waals surface area contributed by atoms with Gasteiger partial charge in [-0.3, -0.25) is 5.41 Å². The molecule has 0 amide bonds.